The van der Waals surface area contributed by atoms with Crippen molar-refractivity contribution in [3.63, 3.8) is 0 Å². The van der Waals surface area contributed by atoms with E-state index in [0.29, 0.717) is 5.02 Å². The van der Waals surface area contributed by atoms with Crippen molar-refractivity contribution in [2.45, 2.75) is 17.9 Å². The molecule has 0 spiro atoms. The number of anilines is 1. The van der Waals surface area contributed by atoms with Gasteiger partial charge in [0.15, 0.2) is 0 Å². The maximum atomic E-state index is 12.9. The molecule has 0 amide bonds. The molecule has 1 fully saturated rings. The molecule has 0 N–H and O–H groups in total. The SMILES string of the molecule is CC(c1nc(N(C)C)c2ccccc2n1)N1CCN(S(=O)c2ccc(Cl)cc2)CC1. The molecule has 6 nitrogen and oxygen atoms in total. The van der Waals surface area contributed by atoms with E-state index in [9.17, 15) is 4.21 Å². The van der Waals surface area contributed by atoms with Gasteiger partial charge in [0.05, 0.1) is 16.5 Å². The predicted molar refractivity (Wildman–Crippen MR) is 123 cm³/mol. The van der Waals surface area contributed by atoms with Crippen molar-refractivity contribution in [2.24, 2.45) is 0 Å². The van der Waals surface area contributed by atoms with E-state index in [1.54, 1.807) is 12.1 Å². The molecule has 1 aromatic heterocycles. The largest absolute Gasteiger partial charge is 0.362 e. The zero-order valence-corrected chi connectivity index (χ0v) is 19.0. The van der Waals surface area contributed by atoms with Crippen LogP contribution in [0.4, 0.5) is 5.82 Å². The zero-order chi connectivity index (χ0) is 21.3. The second kappa shape index (κ2) is 8.98. The smallest absolute Gasteiger partial charge is 0.148 e. The van der Waals surface area contributed by atoms with Crippen molar-refractivity contribution in [1.82, 2.24) is 19.2 Å². The van der Waals surface area contributed by atoms with E-state index >= 15 is 0 Å². The Hall–Kier alpha value is -2.06. The standard InChI is InChI=1S/C22H26ClN5OS/c1-16(21-24-20-7-5-4-6-19(20)22(25-21)26(2)3)27-12-14-28(15-13-27)30(29)18-10-8-17(23)9-11-18/h4-11,16H,12-15H2,1-3H3. The lowest BCUT2D eigenvalue weighted by molar-refractivity contribution is 0.144. The monoisotopic (exact) mass is 443 g/mol. The molecule has 4 rings (SSSR count). The third-order valence-electron chi connectivity index (χ3n) is 5.47. The first-order chi connectivity index (χ1) is 14.4. The van der Waals surface area contributed by atoms with Crippen LogP contribution in [0.2, 0.25) is 5.02 Å². The number of para-hydroxylation sites is 1. The minimum Gasteiger partial charge on any atom is -0.362 e. The van der Waals surface area contributed by atoms with Gasteiger partial charge < -0.3 is 4.90 Å². The number of nitrogens with zero attached hydrogens (tertiary/aromatic N) is 5. The summed E-state index contributed by atoms with van der Waals surface area (Å²) in [4.78, 5) is 14.9. The molecule has 3 aromatic rings. The molecule has 8 heteroatoms. The number of rotatable bonds is 5. The lowest BCUT2D eigenvalue weighted by Crippen LogP contribution is -2.47. The summed E-state index contributed by atoms with van der Waals surface area (Å²) in [5.74, 6) is 1.76. The van der Waals surface area contributed by atoms with Crippen molar-refractivity contribution < 1.29 is 4.21 Å². The third kappa shape index (κ3) is 4.34. The molecule has 0 saturated carbocycles. The fourth-order valence-electron chi connectivity index (χ4n) is 3.73. The van der Waals surface area contributed by atoms with Gasteiger partial charge in [0, 0.05) is 50.7 Å². The van der Waals surface area contributed by atoms with Gasteiger partial charge in [-0.15, -0.1) is 0 Å². The zero-order valence-electron chi connectivity index (χ0n) is 17.5. The Balaban J connectivity index is 1.48. The van der Waals surface area contributed by atoms with E-state index in [1.165, 1.54) is 0 Å². The number of hydrogen-bond acceptors (Lipinski definition) is 5. The van der Waals surface area contributed by atoms with Crippen molar-refractivity contribution in [1.29, 1.82) is 0 Å². The van der Waals surface area contributed by atoms with Gasteiger partial charge in [-0.3, -0.25) is 4.90 Å². The predicted octanol–water partition coefficient (Wildman–Crippen LogP) is 3.75. The first kappa shape index (κ1) is 21.2. The number of hydrogen-bond donors (Lipinski definition) is 0. The number of piperazine rings is 1. The highest BCUT2D eigenvalue weighted by atomic mass is 35.5. The lowest BCUT2D eigenvalue weighted by atomic mass is 10.2. The Bertz CT molecular complexity index is 1050. The molecular formula is C22H26ClN5OS. The van der Waals surface area contributed by atoms with Crippen LogP contribution in [0.25, 0.3) is 10.9 Å². The van der Waals surface area contributed by atoms with E-state index < -0.39 is 11.0 Å². The first-order valence-corrected chi connectivity index (χ1v) is 11.5. The van der Waals surface area contributed by atoms with Crippen molar-refractivity contribution in [3.05, 3.63) is 59.4 Å². The maximum Gasteiger partial charge on any atom is 0.148 e. The van der Waals surface area contributed by atoms with Crippen molar-refractivity contribution >= 4 is 39.3 Å². The summed E-state index contributed by atoms with van der Waals surface area (Å²) in [5, 5.41) is 1.71. The second-order valence-corrected chi connectivity index (χ2v) is 9.58. The van der Waals surface area contributed by atoms with Crippen LogP contribution in [0.3, 0.4) is 0 Å². The summed E-state index contributed by atoms with van der Waals surface area (Å²) in [6.07, 6.45) is 0. The molecule has 2 heterocycles. The molecule has 1 aliphatic heterocycles. The van der Waals surface area contributed by atoms with Gasteiger partial charge in [0.1, 0.15) is 22.6 Å². The van der Waals surface area contributed by atoms with Crippen LogP contribution in [-0.2, 0) is 11.0 Å². The van der Waals surface area contributed by atoms with Crippen LogP contribution < -0.4 is 4.90 Å². The number of aromatic nitrogens is 2. The highest BCUT2D eigenvalue weighted by molar-refractivity contribution is 7.82. The van der Waals surface area contributed by atoms with E-state index in [0.717, 1.165) is 53.6 Å². The van der Waals surface area contributed by atoms with Crippen LogP contribution in [0.15, 0.2) is 53.4 Å². The Morgan fingerprint density at radius 2 is 1.67 bits per heavy atom. The number of halogens is 1. The van der Waals surface area contributed by atoms with Crippen LogP contribution in [0.5, 0.6) is 0 Å². The molecule has 158 valence electrons. The summed E-state index contributed by atoms with van der Waals surface area (Å²) in [5.41, 5.74) is 0.959. The fraction of sp³-hybridized carbons (Fsp3) is 0.364. The van der Waals surface area contributed by atoms with Crippen LogP contribution in [0.1, 0.15) is 18.8 Å². The Kier molecular flexibility index (Phi) is 6.34. The van der Waals surface area contributed by atoms with Crippen molar-refractivity contribution in [2.75, 3.05) is 45.2 Å². The topological polar surface area (TPSA) is 52.6 Å². The molecule has 0 bridgehead atoms. The summed E-state index contributed by atoms with van der Waals surface area (Å²) < 4.78 is 14.9. The molecule has 0 radical (unpaired) electrons. The third-order valence-corrected chi connectivity index (χ3v) is 7.23. The van der Waals surface area contributed by atoms with E-state index in [1.807, 2.05) is 53.6 Å². The minimum atomic E-state index is -1.17. The van der Waals surface area contributed by atoms with Gasteiger partial charge in [0.25, 0.3) is 0 Å². The molecule has 30 heavy (non-hydrogen) atoms. The average molecular weight is 444 g/mol. The Morgan fingerprint density at radius 3 is 2.33 bits per heavy atom. The molecule has 2 aromatic carbocycles. The summed E-state index contributed by atoms with van der Waals surface area (Å²) in [6.45, 7) is 5.23. The quantitative estimate of drug-likeness (QED) is 0.601. The number of fused-ring (bicyclic) bond motifs is 1. The van der Waals surface area contributed by atoms with Gasteiger partial charge in [-0.25, -0.2) is 18.5 Å². The molecule has 1 saturated heterocycles. The molecular weight excluding hydrogens is 418 g/mol. The summed E-state index contributed by atoms with van der Waals surface area (Å²) >= 11 is 5.95. The van der Waals surface area contributed by atoms with E-state index in [2.05, 4.69) is 17.9 Å². The lowest BCUT2D eigenvalue weighted by Gasteiger charge is -2.36. The molecule has 2 atom stereocenters. The normalized spacial score (nSPS) is 17.7. The first-order valence-electron chi connectivity index (χ1n) is 10.0. The molecule has 0 aliphatic carbocycles. The highest BCUT2D eigenvalue weighted by Crippen LogP contribution is 2.27. The van der Waals surface area contributed by atoms with Gasteiger partial charge in [-0.2, -0.15) is 0 Å². The maximum absolute atomic E-state index is 12.9. The van der Waals surface area contributed by atoms with E-state index in [4.69, 9.17) is 21.6 Å². The number of benzene rings is 2. The Morgan fingerprint density at radius 1 is 1.00 bits per heavy atom. The molecule has 1 aliphatic rings. The van der Waals surface area contributed by atoms with Gasteiger partial charge in [-0.1, -0.05) is 23.7 Å². The Labute approximate surface area is 185 Å². The minimum absolute atomic E-state index is 0.0828. The van der Waals surface area contributed by atoms with Crippen LogP contribution in [-0.4, -0.2) is 63.7 Å². The van der Waals surface area contributed by atoms with Crippen molar-refractivity contribution in [3.8, 4) is 0 Å². The fourth-order valence-corrected chi connectivity index (χ4v) is 5.01. The average Bonchev–Trinajstić information content (AvgIpc) is 2.78. The van der Waals surface area contributed by atoms with E-state index in [-0.39, 0.29) is 6.04 Å². The van der Waals surface area contributed by atoms with Gasteiger partial charge in [0.2, 0.25) is 0 Å². The van der Waals surface area contributed by atoms with Crippen LogP contribution >= 0.6 is 11.6 Å². The highest BCUT2D eigenvalue weighted by Gasteiger charge is 2.27. The molecule has 2 unspecified atom stereocenters. The summed E-state index contributed by atoms with van der Waals surface area (Å²) in [7, 11) is 2.85. The summed E-state index contributed by atoms with van der Waals surface area (Å²) in [6, 6.07) is 15.4. The second-order valence-electron chi connectivity index (χ2n) is 7.66. The van der Waals surface area contributed by atoms with Gasteiger partial charge >= 0.3 is 0 Å². The van der Waals surface area contributed by atoms with Crippen LogP contribution in [0, 0.1) is 0 Å². The van der Waals surface area contributed by atoms with Gasteiger partial charge in [-0.05, 0) is 43.3 Å².